The fraction of sp³-hybridized carbons (Fsp3) is 0.556. The van der Waals surface area contributed by atoms with Crippen LogP contribution >= 0.6 is 10.7 Å². The van der Waals surface area contributed by atoms with Gasteiger partial charge in [0.15, 0.2) is 5.03 Å². The second kappa shape index (κ2) is 4.85. The molecule has 1 aromatic heterocycles. The zero-order valence-electron chi connectivity index (χ0n) is 9.01. The van der Waals surface area contributed by atoms with E-state index < -0.39 is 15.1 Å². The van der Waals surface area contributed by atoms with Gasteiger partial charge in [-0.2, -0.15) is 5.26 Å². The molecule has 0 bridgehead atoms. The van der Waals surface area contributed by atoms with E-state index in [0.29, 0.717) is 18.7 Å². The highest BCUT2D eigenvalue weighted by atomic mass is 35.7. The lowest BCUT2D eigenvalue weighted by molar-refractivity contribution is 0.570. The number of nitrogens with zero attached hydrogens (tertiary/aromatic N) is 3. The zero-order chi connectivity index (χ0) is 12.3. The molecule has 0 aliphatic carbocycles. The lowest BCUT2D eigenvalue weighted by atomic mass is 10.2. The monoisotopic (exact) mass is 261 g/mol. The molecule has 0 N–H and O–H groups in total. The minimum atomic E-state index is -3.83. The minimum Gasteiger partial charge on any atom is -0.317 e. The van der Waals surface area contributed by atoms with E-state index in [2.05, 4.69) is 11.1 Å². The Morgan fingerprint density at radius 2 is 2.25 bits per heavy atom. The number of imidazole rings is 1. The van der Waals surface area contributed by atoms with Crippen LogP contribution in [0.25, 0.3) is 0 Å². The number of aromatic nitrogens is 2. The zero-order valence-corrected chi connectivity index (χ0v) is 10.6. The van der Waals surface area contributed by atoms with E-state index in [1.165, 1.54) is 6.20 Å². The molecule has 1 aromatic rings. The fourth-order valence-electron chi connectivity index (χ4n) is 1.41. The average molecular weight is 262 g/mol. The molecule has 0 aliphatic heterocycles. The molecule has 88 valence electrons. The molecule has 0 saturated carbocycles. The van der Waals surface area contributed by atoms with E-state index in [1.807, 2.05) is 13.8 Å². The molecule has 1 heterocycles. The van der Waals surface area contributed by atoms with Crippen molar-refractivity contribution < 1.29 is 8.42 Å². The van der Waals surface area contributed by atoms with Crippen LogP contribution in [0.1, 0.15) is 32.1 Å². The van der Waals surface area contributed by atoms with E-state index in [9.17, 15) is 8.42 Å². The molecule has 5 nitrogen and oxygen atoms in total. The van der Waals surface area contributed by atoms with Crippen molar-refractivity contribution in [3.8, 4) is 6.07 Å². The molecule has 7 heteroatoms. The van der Waals surface area contributed by atoms with Gasteiger partial charge in [0.1, 0.15) is 11.9 Å². The van der Waals surface area contributed by atoms with Crippen LogP contribution in [0.3, 0.4) is 0 Å². The molecular weight excluding hydrogens is 250 g/mol. The van der Waals surface area contributed by atoms with E-state index >= 15 is 0 Å². The predicted octanol–water partition coefficient (Wildman–Crippen LogP) is 1.85. The van der Waals surface area contributed by atoms with E-state index in [0.717, 1.165) is 0 Å². The third-order valence-corrected chi connectivity index (χ3v) is 3.39. The Kier molecular flexibility index (Phi) is 3.94. The van der Waals surface area contributed by atoms with Crippen LogP contribution in [-0.2, 0) is 15.5 Å². The quantitative estimate of drug-likeness (QED) is 0.775. The highest BCUT2D eigenvalue weighted by Gasteiger charge is 2.20. The number of nitriles is 1. The molecule has 0 amide bonds. The molecule has 0 fully saturated rings. The van der Waals surface area contributed by atoms with E-state index in [1.54, 1.807) is 4.57 Å². The van der Waals surface area contributed by atoms with Crippen LogP contribution < -0.4 is 0 Å². The molecule has 0 spiro atoms. The van der Waals surface area contributed by atoms with Crippen LogP contribution in [0.4, 0.5) is 0 Å². The van der Waals surface area contributed by atoms with Gasteiger partial charge < -0.3 is 4.57 Å². The minimum absolute atomic E-state index is 0.195. The van der Waals surface area contributed by atoms with Crippen molar-refractivity contribution in [1.82, 2.24) is 9.55 Å². The summed E-state index contributed by atoms with van der Waals surface area (Å²) in [7, 11) is 1.37. The molecule has 0 radical (unpaired) electrons. The maximum atomic E-state index is 11.1. The van der Waals surface area contributed by atoms with Gasteiger partial charge in [-0.05, 0) is 6.42 Å². The van der Waals surface area contributed by atoms with Crippen LogP contribution in [-0.4, -0.2) is 18.0 Å². The van der Waals surface area contributed by atoms with Gasteiger partial charge in [0.25, 0.3) is 9.05 Å². The fourth-order valence-corrected chi connectivity index (χ4v) is 2.08. The van der Waals surface area contributed by atoms with Crippen molar-refractivity contribution in [3.63, 3.8) is 0 Å². The summed E-state index contributed by atoms with van der Waals surface area (Å²) in [6.45, 7) is 3.69. The van der Waals surface area contributed by atoms with Crippen molar-refractivity contribution in [2.24, 2.45) is 0 Å². The summed E-state index contributed by atoms with van der Waals surface area (Å²) < 4.78 is 23.8. The summed E-state index contributed by atoms with van der Waals surface area (Å²) in [5.74, 6) is 0.549. The second-order valence-corrected chi connectivity index (χ2v) is 5.76. The Balaban J connectivity index is 3.30. The van der Waals surface area contributed by atoms with Gasteiger partial charge in [-0.3, -0.25) is 0 Å². The van der Waals surface area contributed by atoms with Gasteiger partial charge in [-0.1, -0.05) is 13.8 Å². The van der Waals surface area contributed by atoms with Crippen LogP contribution in [0, 0.1) is 11.3 Å². The van der Waals surface area contributed by atoms with E-state index in [4.69, 9.17) is 15.9 Å². The summed E-state index contributed by atoms with van der Waals surface area (Å²) in [6, 6.07) is 1.68. The van der Waals surface area contributed by atoms with Gasteiger partial charge >= 0.3 is 0 Å². The van der Waals surface area contributed by atoms with Gasteiger partial charge in [-0.25, -0.2) is 13.4 Å². The van der Waals surface area contributed by atoms with E-state index in [-0.39, 0.29) is 5.03 Å². The topological polar surface area (TPSA) is 75.8 Å². The lowest BCUT2D eigenvalue weighted by Gasteiger charge is -2.10. The second-order valence-electron chi connectivity index (χ2n) is 3.25. The van der Waals surface area contributed by atoms with Crippen molar-refractivity contribution in [2.45, 2.75) is 37.8 Å². The maximum absolute atomic E-state index is 11.1. The maximum Gasteiger partial charge on any atom is 0.280 e. The Morgan fingerprint density at radius 3 is 2.62 bits per heavy atom. The first-order valence-corrected chi connectivity index (χ1v) is 7.17. The number of hydrogen-bond donors (Lipinski definition) is 0. The molecule has 0 aliphatic rings. The molecule has 1 atom stereocenters. The summed E-state index contributed by atoms with van der Waals surface area (Å²) in [6.07, 6.45) is 2.45. The Morgan fingerprint density at radius 1 is 1.62 bits per heavy atom. The largest absolute Gasteiger partial charge is 0.317 e. The van der Waals surface area contributed by atoms with Gasteiger partial charge in [0.2, 0.25) is 0 Å². The lowest BCUT2D eigenvalue weighted by Crippen LogP contribution is -2.08. The first-order valence-electron chi connectivity index (χ1n) is 4.86. The molecule has 0 saturated heterocycles. The summed E-state index contributed by atoms with van der Waals surface area (Å²) in [5.41, 5.74) is 0. The third-order valence-electron chi connectivity index (χ3n) is 2.22. The number of aryl methyl sites for hydroxylation is 1. The Labute approximate surface area is 99.1 Å². The Hall–Kier alpha value is -1.06. The summed E-state index contributed by atoms with van der Waals surface area (Å²) in [5, 5.41) is 8.74. The van der Waals surface area contributed by atoms with Crippen LogP contribution in [0.2, 0.25) is 0 Å². The molecule has 1 rings (SSSR count). The normalized spacial score (nSPS) is 13.4. The van der Waals surface area contributed by atoms with Crippen LogP contribution in [0.15, 0.2) is 11.2 Å². The van der Waals surface area contributed by atoms with Crippen LogP contribution in [0.5, 0.6) is 0 Å². The summed E-state index contributed by atoms with van der Waals surface area (Å²) in [4.78, 5) is 3.91. The standard InChI is InChI=1S/C9H12ClN3O2S/c1-3-7(5-11)13-6-9(16(10,14)15)12-8(13)4-2/h6-7H,3-4H2,1-2H3. The number of rotatable bonds is 4. The first kappa shape index (κ1) is 13.0. The third kappa shape index (κ3) is 2.54. The first-order chi connectivity index (χ1) is 7.43. The number of hydrogen-bond acceptors (Lipinski definition) is 4. The highest BCUT2D eigenvalue weighted by molar-refractivity contribution is 8.13. The van der Waals surface area contributed by atoms with Crippen molar-refractivity contribution in [2.75, 3.05) is 0 Å². The average Bonchev–Trinajstić information content (AvgIpc) is 2.63. The molecule has 0 aromatic carbocycles. The SMILES string of the molecule is CCc1nc(S(=O)(=O)Cl)cn1C(C#N)CC. The van der Waals surface area contributed by atoms with Gasteiger partial charge in [0.05, 0.1) is 6.07 Å². The molecule has 16 heavy (non-hydrogen) atoms. The molecular formula is C9H12ClN3O2S. The highest BCUT2D eigenvalue weighted by Crippen LogP contribution is 2.20. The van der Waals surface area contributed by atoms with Crippen molar-refractivity contribution in [3.05, 3.63) is 12.0 Å². The van der Waals surface area contributed by atoms with Gasteiger partial charge in [-0.15, -0.1) is 0 Å². The van der Waals surface area contributed by atoms with Gasteiger partial charge in [0, 0.05) is 23.3 Å². The summed E-state index contributed by atoms with van der Waals surface area (Å²) >= 11 is 0. The predicted molar refractivity (Wildman–Crippen MR) is 59.6 cm³/mol. The van der Waals surface area contributed by atoms with Crippen molar-refractivity contribution in [1.29, 1.82) is 5.26 Å². The smallest absolute Gasteiger partial charge is 0.280 e. The Bertz CT molecular complexity index is 515. The number of halogens is 1. The van der Waals surface area contributed by atoms with Crippen molar-refractivity contribution >= 4 is 19.7 Å². The molecule has 1 unspecified atom stereocenters.